The van der Waals surface area contributed by atoms with Crippen molar-refractivity contribution in [3.8, 4) is 0 Å². The van der Waals surface area contributed by atoms with Gasteiger partial charge in [0.1, 0.15) is 0 Å². The molecule has 1 rings (SSSR count). The lowest BCUT2D eigenvalue weighted by Gasteiger charge is -2.06. The molecule has 82 valence electrons. The molecule has 1 aromatic rings. The van der Waals surface area contributed by atoms with Crippen LogP contribution in [0.5, 0.6) is 0 Å². The van der Waals surface area contributed by atoms with Crippen molar-refractivity contribution in [2.45, 2.75) is 18.7 Å². The monoisotopic (exact) mass is 228 g/mol. The molecule has 1 aromatic carbocycles. The van der Waals surface area contributed by atoms with Crippen LogP contribution in [0.1, 0.15) is 22.8 Å². The van der Waals surface area contributed by atoms with E-state index in [1.54, 1.807) is 13.8 Å². The highest BCUT2D eigenvalue weighted by molar-refractivity contribution is 7.91. The highest BCUT2D eigenvalue weighted by Crippen LogP contribution is 2.18. The van der Waals surface area contributed by atoms with E-state index in [1.807, 2.05) is 0 Å². The maximum absolute atomic E-state index is 11.6. The van der Waals surface area contributed by atoms with Gasteiger partial charge in [-0.1, -0.05) is 6.92 Å². The molecule has 15 heavy (non-hydrogen) atoms. The Hall–Kier alpha value is -1.36. The van der Waals surface area contributed by atoms with Crippen LogP contribution in [0.3, 0.4) is 0 Å². The van der Waals surface area contributed by atoms with E-state index in [0.29, 0.717) is 5.56 Å². The van der Waals surface area contributed by atoms with Gasteiger partial charge in [-0.05, 0) is 30.7 Å². The molecular weight excluding hydrogens is 216 g/mol. The molecular formula is C10H12O4S. The molecule has 0 aliphatic heterocycles. The Morgan fingerprint density at radius 2 is 2.00 bits per heavy atom. The lowest BCUT2D eigenvalue weighted by Crippen LogP contribution is -2.07. The SMILES string of the molecule is CCS(=O)(=O)c1ccc(C(=O)O)cc1C. The van der Waals surface area contributed by atoms with Crippen LogP contribution in [-0.4, -0.2) is 25.2 Å². The summed E-state index contributed by atoms with van der Waals surface area (Å²) in [5.74, 6) is -1.04. The summed E-state index contributed by atoms with van der Waals surface area (Å²) < 4.78 is 23.1. The lowest BCUT2D eigenvalue weighted by molar-refractivity contribution is 0.0696. The van der Waals surface area contributed by atoms with Crippen LogP contribution in [0, 0.1) is 6.92 Å². The van der Waals surface area contributed by atoms with Gasteiger partial charge >= 0.3 is 5.97 Å². The maximum atomic E-state index is 11.6. The van der Waals surface area contributed by atoms with Gasteiger partial charge in [0.05, 0.1) is 16.2 Å². The van der Waals surface area contributed by atoms with Crippen LogP contribution in [0.15, 0.2) is 23.1 Å². The van der Waals surface area contributed by atoms with Gasteiger partial charge < -0.3 is 5.11 Å². The predicted octanol–water partition coefficient (Wildman–Crippen LogP) is 1.49. The molecule has 0 aliphatic rings. The molecule has 0 spiro atoms. The van der Waals surface area contributed by atoms with Crippen molar-refractivity contribution in [2.75, 3.05) is 5.75 Å². The summed E-state index contributed by atoms with van der Waals surface area (Å²) in [5.41, 5.74) is 0.569. The highest BCUT2D eigenvalue weighted by atomic mass is 32.2. The van der Waals surface area contributed by atoms with E-state index in [-0.39, 0.29) is 16.2 Å². The summed E-state index contributed by atoms with van der Waals surface area (Å²) in [4.78, 5) is 10.8. The molecule has 1 N–H and O–H groups in total. The van der Waals surface area contributed by atoms with E-state index in [2.05, 4.69) is 0 Å². The second-order valence-electron chi connectivity index (χ2n) is 3.19. The van der Waals surface area contributed by atoms with Gasteiger partial charge in [-0.3, -0.25) is 0 Å². The number of carboxylic acid groups (broad SMARTS) is 1. The number of rotatable bonds is 3. The Labute approximate surface area is 88.5 Å². The first-order valence-electron chi connectivity index (χ1n) is 4.45. The number of hydrogen-bond donors (Lipinski definition) is 1. The van der Waals surface area contributed by atoms with E-state index in [1.165, 1.54) is 18.2 Å². The summed E-state index contributed by atoms with van der Waals surface area (Å²) in [7, 11) is -3.26. The zero-order valence-corrected chi connectivity index (χ0v) is 9.34. The third-order valence-electron chi connectivity index (χ3n) is 2.14. The Balaban J connectivity index is 3.32. The largest absolute Gasteiger partial charge is 0.478 e. The van der Waals surface area contributed by atoms with Crippen molar-refractivity contribution >= 4 is 15.8 Å². The Morgan fingerprint density at radius 1 is 1.40 bits per heavy atom. The first kappa shape index (κ1) is 11.7. The number of hydrogen-bond acceptors (Lipinski definition) is 3. The Morgan fingerprint density at radius 3 is 2.40 bits per heavy atom. The van der Waals surface area contributed by atoms with Crippen molar-refractivity contribution in [3.05, 3.63) is 29.3 Å². The minimum absolute atomic E-state index is 0.0141. The van der Waals surface area contributed by atoms with Gasteiger partial charge in [0.25, 0.3) is 0 Å². The molecule has 0 saturated heterocycles. The van der Waals surface area contributed by atoms with Gasteiger partial charge in [-0.25, -0.2) is 13.2 Å². The Bertz CT molecular complexity index is 488. The first-order valence-corrected chi connectivity index (χ1v) is 6.10. The number of benzene rings is 1. The fourth-order valence-corrected chi connectivity index (χ4v) is 2.42. The Kier molecular flexibility index (Phi) is 3.14. The predicted molar refractivity (Wildman–Crippen MR) is 55.9 cm³/mol. The average Bonchev–Trinajstić information content (AvgIpc) is 2.17. The molecule has 0 saturated carbocycles. The topological polar surface area (TPSA) is 71.4 Å². The smallest absolute Gasteiger partial charge is 0.335 e. The number of carboxylic acids is 1. The van der Waals surface area contributed by atoms with Gasteiger partial charge in [0.15, 0.2) is 9.84 Å². The quantitative estimate of drug-likeness (QED) is 0.850. The second-order valence-corrected chi connectivity index (χ2v) is 5.44. The third-order valence-corrected chi connectivity index (χ3v) is 4.03. The molecule has 0 unspecified atom stereocenters. The molecule has 0 fully saturated rings. The molecule has 0 heterocycles. The number of aromatic carboxylic acids is 1. The zero-order chi connectivity index (χ0) is 11.6. The summed E-state index contributed by atoms with van der Waals surface area (Å²) in [6.07, 6.45) is 0. The minimum Gasteiger partial charge on any atom is -0.478 e. The van der Waals surface area contributed by atoms with E-state index < -0.39 is 15.8 Å². The first-order chi connectivity index (χ1) is 6.88. The van der Waals surface area contributed by atoms with E-state index in [9.17, 15) is 13.2 Å². The van der Waals surface area contributed by atoms with Crippen molar-refractivity contribution in [1.29, 1.82) is 0 Å². The minimum atomic E-state index is -3.26. The molecule has 0 aromatic heterocycles. The molecule has 0 aliphatic carbocycles. The molecule has 4 nitrogen and oxygen atoms in total. The summed E-state index contributed by atoms with van der Waals surface area (Å²) in [6.45, 7) is 3.15. The normalized spacial score (nSPS) is 11.3. The van der Waals surface area contributed by atoms with Gasteiger partial charge in [-0.2, -0.15) is 0 Å². The van der Waals surface area contributed by atoms with Gasteiger partial charge in [0.2, 0.25) is 0 Å². The van der Waals surface area contributed by atoms with Crippen molar-refractivity contribution < 1.29 is 18.3 Å². The molecule has 0 atom stereocenters. The summed E-state index contributed by atoms with van der Waals surface area (Å²) >= 11 is 0. The van der Waals surface area contributed by atoms with Crippen molar-refractivity contribution in [1.82, 2.24) is 0 Å². The average molecular weight is 228 g/mol. The van der Waals surface area contributed by atoms with Gasteiger partial charge in [0, 0.05) is 0 Å². The number of aryl methyl sites for hydroxylation is 1. The summed E-state index contributed by atoms with van der Waals surface area (Å²) in [5, 5.41) is 8.71. The molecule has 0 amide bonds. The van der Waals surface area contributed by atoms with Crippen LogP contribution >= 0.6 is 0 Å². The van der Waals surface area contributed by atoms with Crippen LogP contribution < -0.4 is 0 Å². The van der Waals surface area contributed by atoms with E-state index >= 15 is 0 Å². The van der Waals surface area contributed by atoms with E-state index in [0.717, 1.165) is 0 Å². The second kappa shape index (κ2) is 4.02. The fourth-order valence-electron chi connectivity index (χ4n) is 1.29. The van der Waals surface area contributed by atoms with Crippen LogP contribution in [-0.2, 0) is 9.84 Å². The standard InChI is InChI=1S/C10H12O4S/c1-3-15(13,14)9-5-4-8(10(11)12)6-7(9)2/h4-6H,3H2,1-2H3,(H,11,12). The van der Waals surface area contributed by atoms with Gasteiger partial charge in [-0.15, -0.1) is 0 Å². The number of carbonyl (C=O) groups is 1. The molecule has 0 bridgehead atoms. The fraction of sp³-hybridized carbons (Fsp3) is 0.300. The van der Waals surface area contributed by atoms with Crippen LogP contribution in [0.25, 0.3) is 0 Å². The van der Waals surface area contributed by atoms with Crippen molar-refractivity contribution in [2.24, 2.45) is 0 Å². The van der Waals surface area contributed by atoms with Crippen LogP contribution in [0.4, 0.5) is 0 Å². The molecule has 5 heteroatoms. The summed E-state index contributed by atoms with van der Waals surface area (Å²) in [6, 6.07) is 4.01. The number of sulfone groups is 1. The third kappa shape index (κ3) is 2.36. The lowest BCUT2D eigenvalue weighted by atomic mass is 10.1. The van der Waals surface area contributed by atoms with E-state index in [4.69, 9.17) is 5.11 Å². The maximum Gasteiger partial charge on any atom is 0.335 e. The highest BCUT2D eigenvalue weighted by Gasteiger charge is 2.15. The molecule has 0 radical (unpaired) electrons. The zero-order valence-electron chi connectivity index (χ0n) is 8.52. The van der Waals surface area contributed by atoms with Crippen molar-refractivity contribution in [3.63, 3.8) is 0 Å². The van der Waals surface area contributed by atoms with Crippen LogP contribution in [0.2, 0.25) is 0 Å².